The van der Waals surface area contributed by atoms with Gasteiger partial charge in [-0.15, -0.1) is 4.98 Å². The van der Waals surface area contributed by atoms with Gasteiger partial charge in [-0.1, -0.05) is 6.07 Å². The summed E-state index contributed by atoms with van der Waals surface area (Å²) in [6.45, 7) is 1.67. The third kappa shape index (κ3) is 3.06. The quantitative estimate of drug-likeness (QED) is 0.912. The highest BCUT2D eigenvalue weighted by Gasteiger charge is 2.09. The van der Waals surface area contributed by atoms with Gasteiger partial charge in [0.15, 0.2) is 0 Å². The van der Waals surface area contributed by atoms with Gasteiger partial charge in [0, 0.05) is 13.1 Å². The largest absolute Gasteiger partial charge is 0.467 e. The van der Waals surface area contributed by atoms with Crippen LogP contribution in [0.1, 0.15) is 5.56 Å². The molecule has 0 unspecified atom stereocenters. The Kier molecular flexibility index (Phi) is 3.74. The van der Waals surface area contributed by atoms with E-state index in [2.05, 4.69) is 20.3 Å². The van der Waals surface area contributed by atoms with E-state index >= 15 is 0 Å². The van der Waals surface area contributed by atoms with Crippen molar-refractivity contribution >= 4 is 5.95 Å². The molecule has 7 heteroatoms. The van der Waals surface area contributed by atoms with Crippen LogP contribution in [0, 0.1) is 12.7 Å². The predicted octanol–water partition coefficient (Wildman–Crippen LogP) is 2.16. The molecule has 100 valence electrons. The lowest BCUT2D eigenvalue weighted by molar-refractivity contribution is 0.360. The molecule has 0 atom stereocenters. The van der Waals surface area contributed by atoms with E-state index in [1.165, 1.54) is 13.2 Å². The summed E-state index contributed by atoms with van der Waals surface area (Å²) in [4.78, 5) is 11.8. The molecule has 6 nitrogen and oxygen atoms in total. The highest BCUT2D eigenvalue weighted by atomic mass is 19.1. The van der Waals surface area contributed by atoms with Crippen molar-refractivity contribution in [2.75, 3.05) is 19.5 Å². The summed E-state index contributed by atoms with van der Waals surface area (Å²) < 4.78 is 23.7. The first-order valence-electron chi connectivity index (χ1n) is 5.54. The van der Waals surface area contributed by atoms with Crippen LogP contribution in [-0.4, -0.2) is 29.1 Å². The Balaban J connectivity index is 2.29. The second kappa shape index (κ2) is 5.47. The molecular formula is C12H13FN4O2. The molecule has 0 aliphatic heterocycles. The maximum atomic E-state index is 13.4. The van der Waals surface area contributed by atoms with Crippen molar-refractivity contribution in [3.05, 3.63) is 29.6 Å². The maximum absolute atomic E-state index is 13.4. The number of methoxy groups -OCH3 is 1. The molecule has 2 rings (SSSR count). The van der Waals surface area contributed by atoms with E-state index in [1.807, 2.05) is 0 Å². The first-order chi connectivity index (χ1) is 9.12. The lowest BCUT2D eigenvalue weighted by Crippen LogP contribution is -2.03. The maximum Gasteiger partial charge on any atom is 0.330 e. The highest BCUT2D eigenvalue weighted by Crippen LogP contribution is 2.22. The van der Waals surface area contributed by atoms with Gasteiger partial charge in [0.05, 0.1) is 7.11 Å². The molecule has 0 fully saturated rings. The van der Waals surface area contributed by atoms with Gasteiger partial charge in [-0.25, -0.2) is 4.39 Å². The molecule has 2 aromatic rings. The number of halogens is 1. The Morgan fingerprint density at radius 2 is 1.89 bits per heavy atom. The normalized spacial score (nSPS) is 10.1. The van der Waals surface area contributed by atoms with Crippen molar-refractivity contribution in [1.82, 2.24) is 15.0 Å². The van der Waals surface area contributed by atoms with Gasteiger partial charge in [0.2, 0.25) is 5.95 Å². The molecule has 0 aliphatic carbocycles. The average molecular weight is 264 g/mol. The zero-order valence-corrected chi connectivity index (χ0v) is 10.8. The number of anilines is 1. The van der Waals surface area contributed by atoms with Gasteiger partial charge in [0.1, 0.15) is 11.6 Å². The van der Waals surface area contributed by atoms with Crippen LogP contribution in [0.5, 0.6) is 17.8 Å². The zero-order chi connectivity index (χ0) is 13.8. The Morgan fingerprint density at radius 1 is 1.16 bits per heavy atom. The summed E-state index contributed by atoms with van der Waals surface area (Å²) in [6.07, 6.45) is 0. The third-order valence-electron chi connectivity index (χ3n) is 2.35. The number of nitrogens with zero attached hydrogens (tertiary/aromatic N) is 3. The number of aryl methyl sites for hydroxylation is 1. The molecule has 0 aliphatic rings. The number of ether oxygens (including phenoxy) is 2. The van der Waals surface area contributed by atoms with Crippen molar-refractivity contribution in [3.8, 4) is 17.8 Å². The van der Waals surface area contributed by atoms with E-state index in [1.54, 1.807) is 26.1 Å². The van der Waals surface area contributed by atoms with Crippen LogP contribution in [0.25, 0.3) is 0 Å². The molecule has 0 spiro atoms. The number of nitrogens with one attached hydrogen (secondary N) is 1. The number of aromatic nitrogens is 3. The Morgan fingerprint density at radius 3 is 2.53 bits per heavy atom. The van der Waals surface area contributed by atoms with Crippen molar-refractivity contribution in [1.29, 1.82) is 0 Å². The van der Waals surface area contributed by atoms with Gasteiger partial charge in [-0.05, 0) is 18.6 Å². The van der Waals surface area contributed by atoms with Crippen LogP contribution < -0.4 is 14.8 Å². The van der Waals surface area contributed by atoms with Crippen molar-refractivity contribution < 1.29 is 13.9 Å². The fourth-order valence-corrected chi connectivity index (χ4v) is 1.33. The monoisotopic (exact) mass is 264 g/mol. The average Bonchev–Trinajstić information content (AvgIpc) is 2.42. The molecule has 1 aromatic heterocycles. The van der Waals surface area contributed by atoms with Crippen molar-refractivity contribution in [2.45, 2.75) is 6.92 Å². The van der Waals surface area contributed by atoms with Gasteiger partial charge < -0.3 is 14.8 Å². The van der Waals surface area contributed by atoms with Gasteiger partial charge in [0.25, 0.3) is 0 Å². The molecule has 0 radical (unpaired) electrons. The second-order valence-electron chi connectivity index (χ2n) is 3.69. The summed E-state index contributed by atoms with van der Waals surface area (Å²) in [5.41, 5.74) is 0.538. The van der Waals surface area contributed by atoms with E-state index in [-0.39, 0.29) is 17.8 Å². The minimum absolute atomic E-state index is 0.0273. The fraction of sp³-hybridized carbons (Fsp3) is 0.250. The van der Waals surface area contributed by atoms with E-state index in [0.717, 1.165) is 0 Å². The lowest BCUT2D eigenvalue weighted by Gasteiger charge is -2.07. The van der Waals surface area contributed by atoms with Gasteiger partial charge >= 0.3 is 12.0 Å². The molecule has 0 saturated carbocycles. The Bertz CT molecular complexity index is 570. The molecule has 0 saturated heterocycles. The molecular weight excluding hydrogens is 251 g/mol. The topological polar surface area (TPSA) is 69.2 Å². The summed E-state index contributed by atoms with van der Waals surface area (Å²) in [5.74, 6) is 0.250. The number of hydrogen-bond donors (Lipinski definition) is 1. The van der Waals surface area contributed by atoms with E-state index in [0.29, 0.717) is 17.3 Å². The Labute approximate surface area is 109 Å². The number of benzene rings is 1. The van der Waals surface area contributed by atoms with Crippen LogP contribution in [0.4, 0.5) is 10.3 Å². The first-order valence-corrected chi connectivity index (χ1v) is 5.54. The summed E-state index contributed by atoms with van der Waals surface area (Å²) in [5, 5.41) is 2.75. The minimum Gasteiger partial charge on any atom is -0.467 e. The molecule has 0 bridgehead atoms. The molecule has 1 aromatic carbocycles. The minimum atomic E-state index is -0.354. The highest BCUT2D eigenvalue weighted by molar-refractivity contribution is 5.32. The fourth-order valence-electron chi connectivity index (χ4n) is 1.33. The van der Waals surface area contributed by atoms with Crippen molar-refractivity contribution in [3.63, 3.8) is 0 Å². The van der Waals surface area contributed by atoms with Crippen LogP contribution in [0.3, 0.4) is 0 Å². The van der Waals surface area contributed by atoms with Crippen LogP contribution in [0.2, 0.25) is 0 Å². The van der Waals surface area contributed by atoms with Crippen LogP contribution in [0.15, 0.2) is 18.2 Å². The van der Waals surface area contributed by atoms with Crippen molar-refractivity contribution in [2.24, 2.45) is 0 Å². The number of hydrogen-bond acceptors (Lipinski definition) is 6. The summed E-state index contributed by atoms with van der Waals surface area (Å²) >= 11 is 0. The molecule has 1 N–H and O–H groups in total. The molecule has 19 heavy (non-hydrogen) atoms. The second-order valence-corrected chi connectivity index (χ2v) is 3.69. The molecule has 0 amide bonds. The zero-order valence-electron chi connectivity index (χ0n) is 10.8. The predicted molar refractivity (Wildman–Crippen MR) is 67.1 cm³/mol. The van der Waals surface area contributed by atoms with E-state index < -0.39 is 0 Å². The third-order valence-corrected chi connectivity index (χ3v) is 2.35. The van der Waals surface area contributed by atoms with Crippen LogP contribution in [-0.2, 0) is 0 Å². The van der Waals surface area contributed by atoms with Gasteiger partial charge in [-0.2, -0.15) is 9.97 Å². The SMILES string of the molecule is CNc1nc(OC)nc(Oc2ccc(C)c(F)c2)n1. The Hall–Kier alpha value is -2.44. The standard InChI is InChI=1S/C12H13FN4O2/c1-7-4-5-8(6-9(7)13)19-12-16-10(14-2)15-11(17-12)18-3/h4-6H,1-3H3,(H,14,15,16,17). The van der Waals surface area contributed by atoms with E-state index in [4.69, 9.17) is 9.47 Å². The summed E-state index contributed by atoms with van der Waals surface area (Å²) in [7, 11) is 3.09. The van der Waals surface area contributed by atoms with Crippen LogP contribution >= 0.6 is 0 Å². The van der Waals surface area contributed by atoms with Gasteiger partial charge in [-0.3, -0.25) is 0 Å². The van der Waals surface area contributed by atoms with E-state index in [9.17, 15) is 4.39 Å². The number of rotatable bonds is 4. The first kappa shape index (κ1) is 13.0. The smallest absolute Gasteiger partial charge is 0.330 e. The summed E-state index contributed by atoms with van der Waals surface area (Å²) in [6, 6.07) is 4.65. The molecule has 1 heterocycles. The lowest BCUT2D eigenvalue weighted by atomic mass is 10.2.